The van der Waals surface area contributed by atoms with E-state index in [4.69, 9.17) is 5.73 Å². The van der Waals surface area contributed by atoms with Crippen molar-refractivity contribution in [2.75, 3.05) is 5.73 Å². The van der Waals surface area contributed by atoms with Crippen molar-refractivity contribution in [2.24, 2.45) is 0 Å². The van der Waals surface area contributed by atoms with Gasteiger partial charge in [-0.25, -0.2) is 0 Å². The average molecular weight is 299 g/mol. The molecule has 0 radical (unpaired) electrons. The van der Waals surface area contributed by atoms with Crippen LogP contribution >= 0.6 is 11.3 Å². The van der Waals surface area contributed by atoms with Gasteiger partial charge in [0.1, 0.15) is 0 Å². The molecular formula is C20H13NS. The van der Waals surface area contributed by atoms with Crippen LogP contribution in [0.3, 0.4) is 0 Å². The minimum absolute atomic E-state index is 0.696. The van der Waals surface area contributed by atoms with E-state index in [0.29, 0.717) is 5.69 Å². The molecule has 0 saturated carbocycles. The van der Waals surface area contributed by atoms with Crippen molar-refractivity contribution in [2.45, 2.75) is 0 Å². The van der Waals surface area contributed by atoms with Crippen molar-refractivity contribution >= 4 is 17.0 Å². The summed E-state index contributed by atoms with van der Waals surface area (Å²) in [5.41, 5.74) is 9.39. The predicted molar refractivity (Wildman–Crippen MR) is 93.6 cm³/mol. The lowest BCUT2D eigenvalue weighted by Gasteiger charge is -1.94. The Morgan fingerprint density at radius 2 is 1.41 bits per heavy atom. The van der Waals surface area contributed by atoms with E-state index in [1.54, 1.807) is 11.3 Å². The third-order valence-electron chi connectivity index (χ3n) is 3.05. The first-order valence-corrected chi connectivity index (χ1v) is 7.72. The van der Waals surface area contributed by atoms with E-state index in [2.05, 4.69) is 23.7 Å². The van der Waals surface area contributed by atoms with Gasteiger partial charge in [0, 0.05) is 16.8 Å². The zero-order chi connectivity index (χ0) is 15.2. The van der Waals surface area contributed by atoms with Crippen LogP contribution in [0, 0.1) is 23.7 Å². The van der Waals surface area contributed by atoms with Crippen molar-refractivity contribution < 1.29 is 0 Å². The van der Waals surface area contributed by atoms with Crippen LogP contribution in [-0.4, -0.2) is 0 Å². The maximum Gasteiger partial charge on any atom is 0.0928 e. The predicted octanol–water partition coefficient (Wildman–Crippen LogP) is 4.13. The summed E-state index contributed by atoms with van der Waals surface area (Å²) < 4.78 is 0. The molecule has 0 aliphatic carbocycles. The fraction of sp³-hybridized carbons (Fsp3) is 0. The molecule has 3 aromatic rings. The summed E-state index contributed by atoms with van der Waals surface area (Å²) in [6.45, 7) is 0. The number of benzene rings is 2. The van der Waals surface area contributed by atoms with Gasteiger partial charge < -0.3 is 5.73 Å². The van der Waals surface area contributed by atoms with Crippen LogP contribution in [0.4, 0.5) is 5.69 Å². The molecule has 0 aliphatic rings. The summed E-state index contributed by atoms with van der Waals surface area (Å²) in [5.74, 6) is 12.6. The lowest BCUT2D eigenvalue weighted by Crippen LogP contribution is -1.88. The lowest BCUT2D eigenvalue weighted by atomic mass is 10.1. The molecule has 0 atom stereocenters. The highest BCUT2D eigenvalue weighted by molar-refractivity contribution is 7.10. The largest absolute Gasteiger partial charge is 0.398 e. The van der Waals surface area contributed by atoms with E-state index in [0.717, 1.165) is 21.6 Å². The molecule has 22 heavy (non-hydrogen) atoms. The number of para-hydroxylation sites is 1. The molecule has 3 rings (SSSR count). The van der Waals surface area contributed by atoms with Gasteiger partial charge in [0.15, 0.2) is 0 Å². The summed E-state index contributed by atoms with van der Waals surface area (Å²) in [4.78, 5) is 0.978. The van der Waals surface area contributed by atoms with E-state index in [9.17, 15) is 0 Å². The van der Waals surface area contributed by atoms with E-state index in [1.165, 1.54) is 0 Å². The van der Waals surface area contributed by atoms with Crippen molar-refractivity contribution in [3.63, 3.8) is 0 Å². The zero-order valence-electron chi connectivity index (χ0n) is 11.8. The van der Waals surface area contributed by atoms with Crippen molar-refractivity contribution in [1.29, 1.82) is 0 Å². The van der Waals surface area contributed by atoms with Crippen molar-refractivity contribution in [3.05, 3.63) is 87.6 Å². The third kappa shape index (κ3) is 3.38. The number of anilines is 1. The lowest BCUT2D eigenvalue weighted by molar-refractivity contribution is 1.62. The van der Waals surface area contributed by atoms with E-state index < -0.39 is 0 Å². The maximum absolute atomic E-state index is 5.90. The molecule has 0 unspecified atom stereocenters. The SMILES string of the molecule is Nc1ccccc1C#Cc1ccsc1C#Cc1ccccc1. The van der Waals surface area contributed by atoms with Gasteiger partial charge in [-0.1, -0.05) is 48.1 Å². The summed E-state index contributed by atoms with van der Waals surface area (Å²) in [5, 5.41) is 2.01. The number of nitrogen functional groups attached to an aromatic ring is 1. The van der Waals surface area contributed by atoms with Gasteiger partial charge >= 0.3 is 0 Å². The summed E-state index contributed by atoms with van der Waals surface area (Å²) in [7, 11) is 0. The van der Waals surface area contributed by atoms with Crippen molar-refractivity contribution in [3.8, 4) is 23.7 Å². The molecular weight excluding hydrogens is 286 g/mol. The highest BCUT2D eigenvalue weighted by Crippen LogP contribution is 2.15. The fourth-order valence-corrected chi connectivity index (χ4v) is 2.60. The quantitative estimate of drug-likeness (QED) is 0.490. The standard InChI is InChI=1S/C20H13NS/c21-19-9-5-4-8-17(19)11-12-18-14-15-22-20(18)13-10-16-6-2-1-3-7-16/h1-9,14-15H,21H2. The molecule has 0 amide bonds. The summed E-state index contributed by atoms with van der Waals surface area (Å²) in [6, 6.07) is 19.6. The molecule has 0 fully saturated rings. The molecule has 1 heterocycles. The van der Waals surface area contributed by atoms with Crippen molar-refractivity contribution in [1.82, 2.24) is 0 Å². The van der Waals surface area contributed by atoms with Crippen LogP contribution in [0.5, 0.6) is 0 Å². The van der Waals surface area contributed by atoms with Gasteiger partial charge in [0.2, 0.25) is 0 Å². The third-order valence-corrected chi connectivity index (χ3v) is 3.88. The zero-order valence-corrected chi connectivity index (χ0v) is 12.7. The summed E-state index contributed by atoms with van der Waals surface area (Å²) in [6.07, 6.45) is 0. The van der Waals surface area contributed by atoms with Gasteiger partial charge in [-0.2, -0.15) is 0 Å². The van der Waals surface area contributed by atoms with Gasteiger partial charge in [-0.3, -0.25) is 0 Å². The van der Waals surface area contributed by atoms with Crippen LogP contribution in [0.2, 0.25) is 0 Å². The number of nitrogens with two attached hydrogens (primary N) is 1. The second-order valence-corrected chi connectivity index (χ2v) is 5.53. The molecule has 0 aliphatic heterocycles. The maximum atomic E-state index is 5.90. The first-order chi connectivity index (χ1) is 10.8. The average Bonchev–Trinajstić information content (AvgIpc) is 3.01. The monoisotopic (exact) mass is 299 g/mol. The molecule has 104 valence electrons. The topological polar surface area (TPSA) is 26.0 Å². The molecule has 2 N–H and O–H groups in total. The Kier molecular flexibility index (Phi) is 4.25. The smallest absolute Gasteiger partial charge is 0.0928 e. The molecule has 2 heteroatoms. The van der Waals surface area contributed by atoms with Crippen LogP contribution in [0.15, 0.2) is 66.0 Å². The Morgan fingerprint density at radius 3 is 2.23 bits per heavy atom. The molecule has 0 bridgehead atoms. The van der Waals surface area contributed by atoms with E-state index in [-0.39, 0.29) is 0 Å². The van der Waals surface area contributed by atoms with Gasteiger partial charge in [0.25, 0.3) is 0 Å². The van der Waals surface area contributed by atoms with Crippen LogP contribution in [0.1, 0.15) is 21.6 Å². The highest BCUT2D eigenvalue weighted by atomic mass is 32.1. The molecule has 0 spiro atoms. The van der Waals surface area contributed by atoms with Gasteiger partial charge in [-0.05, 0) is 41.6 Å². The summed E-state index contributed by atoms with van der Waals surface area (Å²) >= 11 is 1.60. The second-order valence-electron chi connectivity index (χ2n) is 4.62. The van der Waals surface area contributed by atoms with Crippen LogP contribution in [-0.2, 0) is 0 Å². The minimum atomic E-state index is 0.696. The Bertz CT molecular complexity index is 899. The Balaban J connectivity index is 1.88. The van der Waals surface area contributed by atoms with Gasteiger partial charge in [0.05, 0.1) is 10.4 Å². The first-order valence-electron chi connectivity index (χ1n) is 6.84. The normalized spacial score (nSPS) is 9.27. The number of rotatable bonds is 0. The van der Waals surface area contributed by atoms with Crippen LogP contribution < -0.4 is 5.73 Å². The highest BCUT2D eigenvalue weighted by Gasteiger charge is 1.98. The number of thiophene rings is 1. The van der Waals surface area contributed by atoms with Gasteiger partial charge in [-0.15, -0.1) is 11.3 Å². The fourth-order valence-electron chi connectivity index (χ4n) is 1.90. The Morgan fingerprint density at radius 1 is 0.682 bits per heavy atom. The second kappa shape index (κ2) is 6.68. The minimum Gasteiger partial charge on any atom is -0.398 e. The number of hydrogen-bond acceptors (Lipinski definition) is 2. The Labute approximate surface area is 134 Å². The first kappa shape index (κ1) is 14.0. The van der Waals surface area contributed by atoms with Crippen LogP contribution in [0.25, 0.3) is 0 Å². The molecule has 1 aromatic heterocycles. The molecule has 0 saturated heterocycles. The number of hydrogen-bond donors (Lipinski definition) is 1. The Hall–Kier alpha value is -2.94. The molecule has 1 nitrogen and oxygen atoms in total. The van der Waals surface area contributed by atoms with E-state index >= 15 is 0 Å². The van der Waals surface area contributed by atoms with E-state index in [1.807, 2.05) is 66.0 Å². The molecule has 2 aromatic carbocycles.